The van der Waals surface area contributed by atoms with Gasteiger partial charge in [-0.25, -0.2) is 0 Å². The zero-order chi connectivity index (χ0) is 27.5. The third-order valence-corrected chi connectivity index (χ3v) is 7.78. The molecule has 1 atom stereocenters. The first-order chi connectivity index (χ1) is 19.0. The highest BCUT2D eigenvalue weighted by molar-refractivity contribution is 9.10. The first kappa shape index (κ1) is 28.9. The van der Waals surface area contributed by atoms with Crippen LogP contribution in [0.2, 0.25) is 0 Å². The summed E-state index contributed by atoms with van der Waals surface area (Å²) in [6.45, 7) is 2.85. The Morgan fingerprint density at radius 1 is 0.949 bits per heavy atom. The van der Waals surface area contributed by atoms with E-state index in [-0.39, 0.29) is 17.9 Å². The van der Waals surface area contributed by atoms with Crippen molar-refractivity contribution in [1.29, 1.82) is 0 Å². The summed E-state index contributed by atoms with van der Waals surface area (Å²) in [5.74, 6) is 0.695. The number of nitrogens with zero attached hydrogens (tertiary/aromatic N) is 1. The number of carbonyl (C=O) groups excluding carboxylic acids is 2. The van der Waals surface area contributed by atoms with Crippen molar-refractivity contribution in [3.8, 4) is 5.75 Å². The van der Waals surface area contributed by atoms with Gasteiger partial charge in [0.05, 0.1) is 6.61 Å². The molecule has 1 N–H and O–H groups in total. The quantitative estimate of drug-likeness (QED) is 0.231. The fraction of sp³-hybridized carbons (Fsp3) is 0.394. The SMILES string of the molecule is Cc1ccc(OCCCC(=O)N(Cc2cccc(Br)c2)[C@@H](Cc2ccccc2)C(=O)NC2CCCCC2)cc1. The molecule has 4 rings (SSSR count). The van der Waals surface area contributed by atoms with Gasteiger partial charge in [-0.05, 0) is 61.6 Å². The van der Waals surface area contributed by atoms with E-state index in [4.69, 9.17) is 4.74 Å². The third-order valence-electron chi connectivity index (χ3n) is 7.29. The lowest BCUT2D eigenvalue weighted by molar-refractivity contribution is -0.141. The Morgan fingerprint density at radius 2 is 1.67 bits per heavy atom. The molecule has 0 unspecified atom stereocenters. The fourth-order valence-corrected chi connectivity index (χ4v) is 5.57. The van der Waals surface area contributed by atoms with E-state index in [0.29, 0.717) is 32.4 Å². The Labute approximate surface area is 241 Å². The van der Waals surface area contributed by atoms with Crippen LogP contribution >= 0.6 is 15.9 Å². The van der Waals surface area contributed by atoms with Crippen LogP contribution in [0.1, 0.15) is 61.6 Å². The average Bonchev–Trinajstić information content (AvgIpc) is 2.95. The van der Waals surface area contributed by atoms with Crippen LogP contribution in [0, 0.1) is 6.92 Å². The minimum atomic E-state index is -0.598. The molecule has 0 heterocycles. The van der Waals surface area contributed by atoms with Crippen LogP contribution in [0.25, 0.3) is 0 Å². The number of hydrogen-bond donors (Lipinski definition) is 1. The van der Waals surface area contributed by atoms with Crippen molar-refractivity contribution in [2.45, 2.75) is 76.9 Å². The van der Waals surface area contributed by atoms with Gasteiger partial charge in [-0.2, -0.15) is 0 Å². The maximum absolute atomic E-state index is 13.8. The summed E-state index contributed by atoms with van der Waals surface area (Å²) in [6, 6.07) is 25.4. The van der Waals surface area contributed by atoms with E-state index in [9.17, 15) is 9.59 Å². The number of halogens is 1. The summed E-state index contributed by atoms with van der Waals surface area (Å²) in [7, 11) is 0. The second kappa shape index (κ2) is 14.9. The van der Waals surface area contributed by atoms with E-state index in [1.165, 1.54) is 12.0 Å². The van der Waals surface area contributed by atoms with Crippen LogP contribution in [0.15, 0.2) is 83.3 Å². The lowest BCUT2D eigenvalue weighted by Crippen LogP contribution is -2.52. The molecule has 0 saturated heterocycles. The first-order valence-corrected chi connectivity index (χ1v) is 14.8. The van der Waals surface area contributed by atoms with Crippen LogP contribution in [0.5, 0.6) is 5.75 Å². The van der Waals surface area contributed by atoms with Gasteiger partial charge in [-0.15, -0.1) is 0 Å². The van der Waals surface area contributed by atoms with Crippen LogP contribution < -0.4 is 10.1 Å². The number of benzene rings is 3. The van der Waals surface area contributed by atoms with Crippen molar-refractivity contribution in [1.82, 2.24) is 10.2 Å². The van der Waals surface area contributed by atoms with Gasteiger partial charge in [-0.1, -0.05) is 95.4 Å². The molecule has 5 nitrogen and oxygen atoms in total. The molecule has 3 aromatic carbocycles. The molecule has 2 amide bonds. The van der Waals surface area contributed by atoms with Gasteiger partial charge < -0.3 is 15.0 Å². The summed E-state index contributed by atoms with van der Waals surface area (Å²) in [5.41, 5.74) is 3.20. The molecule has 3 aromatic rings. The minimum Gasteiger partial charge on any atom is -0.494 e. The molecule has 0 radical (unpaired) electrons. The van der Waals surface area contributed by atoms with E-state index in [0.717, 1.165) is 47.0 Å². The second-order valence-electron chi connectivity index (χ2n) is 10.5. The number of amides is 2. The van der Waals surface area contributed by atoms with Gasteiger partial charge >= 0.3 is 0 Å². The smallest absolute Gasteiger partial charge is 0.243 e. The Hall–Kier alpha value is -3.12. The normalized spacial score (nSPS) is 14.4. The molecule has 1 aliphatic rings. The molecule has 0 aliphatic heterocycles. The maximum Gasteiger partial charge on any atom is 0.243 e. The van der Waals surface area contributed by atoms with Crippen molar-refractivity contribution in [2.75, 3.05) is 6.61 Å². The van der Waals surface area contributed by atoms with Crippen molar-refractivity contribution in [3.05, 3.63) is 100 Å². The van der Waals surface area contributed by atoms with Crippen LogP contribution in [0.3, 0.4) is 0 Å². The fourth-order valence-electron chi connectivity index (χ4n) is 5.12. The Morgan fingerprint density at radius 3 is 2.38 bits per heavy atom. The highest BCUT2D eigenvalue weighted by atomic mass is 79.9. The zero-order valence-electron chi connectivity index (χ0n) is 22.8. The molecular formula is C33H39BrN2O3. The van der Waals surface area contributed by atoms with Gasteiger partial charge in [0.1, 0.15) is 11.8 Å². The molecule has 0 bridgehead atoms. The molecule has 39 heavy (non-hydrogen) atoms. The van der Waals surface area contributed by atoms with Crippen molar-refractivity contribution in [2.24, 2.45) is 0 Å². The largest absolute Gasteiger partial charge is 0.494 e. The third kappa shape index (κ3) is 9.24. The predicted octanol–water partition coefficient (Wildman–Crippen LogP) is 7.01. The van der Waals surface area contributed by atoms with Crippen LogP contribution in [-0.2, 0) is 22.6 Å². The Kier molecular flexibility index (Phi) is 11.0. The van der Waals surface area contributed by atoms with E-state index in [1.54, 1.807) is 4.90 Å². The van der Waals surface area contributed by atoms with E-state index in [1.807, 2.05) is 85.8 Å². The molecule has 1 saturated carbocycles. The van der Waals surface area contributed by atoms with Crippen molar-refractivity contribution < 1.29 is 14.3 Å². The summed E-state index contributed by atoms with van der Waals surface area (Å²) < 4.78 is 6.82. The number of aryl methyl sites for hydroxylation is 1. The minimum absolute atomic E-state index is 0.0396. The number of rotatable bonds is 12. The van der Waals surface area contributed by atoms with E-state index >= 15 is 0 Å². The highest BCUT2D eigenvalue weighted by Crippen LogP contribution is 2.21. The molecule has 6 heteroatoms. The lowest BCUT2D eigenvalue weighted by Gasteiger charge is -2.33. The van der Waals surface area contributed by atoms with Gasteiger partial charge in [0.25, 0.3) is 0 Å². The predicted molar refractivity (Wildman–Crippen MR) is 160 cm³/mol. The number of ether oxygens (including phenoxy) is 1. The van der Waals surface area contributed by atoms with Gasteiger partial charge in [0, 0.05) is 29.9 Å². The number of hydrogen-bond acceptors (Lipinski definition) is 3. The molecule has 1 aliphatic carbocycles. The zero-order valence-corrected chi connectivity index (χ0v) is 24.4. The van der Waals surface area contributed by atoms with Crippen molar-refractivity contribution >= 4 is 27.7 Å². The first-order valence-electron chi connectivity index (χ1n) is 14.1. The monoisotopic (exact) mass is 590 g/mol. The molecule has 206 valence electrons. The van der Waals surface area contributed by atoms with E-state index < -0.39 is 6.04 Å². The summed E-state index contributed by atoms with van der Waals surface area (Å²) in [4.78, 5) is 29.4. The topological polar surface area (TPSA) is 58.6 Å². The van der Waals surface area contributed by atoms with Gasteiger partial charge in [-0.3, -0.25) is 9.59 Å². The highest BCUT2D eigenvalue weighted by Gasteiger charge is 2.31. The lowest BCUT2D eigenvalue weighted by atomic mass is 9.94. The summed E-state index contributed by atoms with van der Waals surface area (Å²) in [5, 5.41) is 3.30. The number of carbonyl (C=O) groups is 2. The molecule has 0 spiro atoms. The molecule has 1 fully saturated rings. The van der Waals surface area contributed by atoms with Crippen LogP contribution in [-0.4, -0.2) is 35.4 Å². The molecule has 0 aromatic heterocycles. The Bertz CT molecular complexity index is 1190. The van der Waals surface area contributed by atoms with Gasteiger partial charge in [0.15, 0.2) is 0 Å². The summed E-state index contributed by atoms with van der Waals surface area (Å²) >= 11 is 3.55. The average molecular weight is 592 g/mol. The second-order valence-corrected chi connectivity index (χ2v) is 11.4. The molecular weight excluding hydrogens is 552 g/mol. The number of nitrogens with one attached hydrogen (secondary N) is 1. The van der Waals surface area contributed by atoms with Crippen molar-refractivity contribution in [3.63, 3.8) is 0 Å². The maximum atomic E-state index is 13.8. The summed E-state index contributed by atoms with van der Waals surface area (Å²) in [6.07, 6.45) is 6.84. The van der Waals surface area contributed by atoms with Crippen LogP contribution in [0.4, 0.5) is 0 Å². The van der Waals surface area contributed by atoms with E-state index in [2.05, 4.69) is 21.2 Å². The Balaban J connectivity index is 1.51. The van der Waals surface area contributed by atoms with Gasteiger partial charge in [0.2, 0.25) is 11.8 Å². The standard InChI is InChI=1S/C33H39BrN2O3/c1-25-17-19-30(20-18-25)39-21-9-16-32(37)36(24-27-12-8-13-28(34)22-27)31(23-26-10-4-2-5-11-26)33(38)35-29-14-6-3-7-15-29/h2,4-5,8,10-13,17-20,22,29,31H,3,6-7,9,14-16,21,23-24H2,1H3,(H,35,38)/t31-/m0/s1.